The lowest BCUT2D eigenvalue weighted by Gasteiger charge is -2.07. The maximum Gasteiger partial charge on any atom is 0.175 e. The molecule has 0 saturated carbocycles. The molecular weight excluding hydrogens is 368 g/mol. The van der Waals surface area contributed by atoms with Crippen molar-refractivity contribution in [2.45, 2.75) is 104 Å². The van der Waals surface area contributed by atoms with Crippen molar-refractivity contribution in [3.05, 3.63) is 23.4 Å². The van der Waals surface area contributed by atoms with E-state index >= 15 is 0 Å². The molecule has 0 aliphatic carbocycles. The van der Waals surface area contributed by atoms with Crippen LogP contribution in [0, 0.1) is 6.42 Å². The fourth-order valence-electron chi connectivity index (χ4n) is 3.45. The molecule has 1 atom stereocenters. The molecule has 1 unspecified atom stereocenters. The van der Waals surface area contributed by atoms with E-state index < -0.39 is 0 Å². The van der Waals surface area contributed by atoms with Crippen LogP contribution >= 0.6 is 22.7 Å². The summed E-state index contributed by atoms with van der Waals surface area (Å²) in [5.74, 6) is 0.670. The highest BCUT2D eigenvalue weighted by atomic mass is 32.1. The van der Waals surface area contributed by atoms with Crippen molar-refractivity contribution in [3.8, 4) is 5.06 Å². The predicted octanol–water partition coefficient (Wildman–Crippen LogP) is 9.37. The molecule has 0 amide bonds. The molecule has 1 nitrogen and oxygen atoms in total. The second kappa shape index (κ2) is 13.6. The Bertz CT molecular complexity index is 581. The molecular formula is C24H39OS2. The van der Waals surface area contributed by atoms with E-state index in [1.807, 2.05) is 22.7 Å². The van der Waals surface area contributed by atoms with Gasteiger partial charge in [-0.05, 0) is 37.7 Å². The molecule has 3 heteroatoms. The molecule has 2 aromatic rings. The number of thiophene rings is 2. The lowest BCUT2D eigenvalue weighted by molar-refractivity contribution is 0.313. The summed E-state index contributed by atoms with van der Waals surface area (Å²) in [5.41, 5.74) is 0. The van der Waals surface area contributed by atoms with E-state index in [1.54, 1.807) is 0 Å². The number of hydrogen-bond donors (Lipinski definition) is 0. The first-order valence-electron chi connectivity index (χ1n) is 11.2. The summed E-state index contributed by atoms with van der Waals surface area (Å²) in [6, 6.07) is 4.65. The Hall–Kier alpha value is -0.540. The molecule has 1 radical (unpaired) electrons. The second-order valence-electron chi connectivity index (χ2n) is 7.79. The molecule has 0 spiro atoms. The van der Waals surface area contributed by atoms with Crippen LogP contribution in [0.2, 0.25) is 0 Å². The zero-order chi connectivity index (χ0) is 19.3. The van der Waals surface area contributed by atoms with Gasteiger partial charge in [0.15, 0.2) is 5.06 Å². The van der Waals surface area contributed by atoms with Gasteiger partial charge in [-0.15, -0.1) is 11.3 Å². The van der Waals surface area contributed by atoms with Crippen molar-refractivity contribution in [2.75, 3.05) is 6.61 Å². The third-order valence-corrected chi connectivity index (χ3v) is 7.71. The molecule has 0 aromatic carbocycles. The smallest absolute Gasteiger partial charge is 0.175 e. The Morgan fingerprint density at radius 2 is 1.56 bits per heavy atom. The number of rotatable bonds is 16. The van der Waals surface area contributed by atoms with Gasteiger partial charge in [-0.2, -0.15) is 0 Å². The van der Waals surface area contributed by atoms with Gasteiger partial charge in [-0.1, -0.05) is 89.9 Å². The van der Waals surface area contributed by atoms with Crippen molar-refractivity contribution in [3.63, 3.8) is 0 Å². The van der Waals surface area contributed by atoms with Gasteiger partial charge in [-0.3, -0.25) is 0 Å². The molecule has 2 rings (SSSR count). The summed E-state index contributed by atoms with van der Waals surface area (Å²) in [4.78, 5) is 1.53. The van der Waals surface area contributed by atoms with E-state index in [4.69, 9.17) is 4.74 Å². The summed E-state index contributed by atoms with van der Waals surface area (Å²) in [5, 5.41) is 1.11. The molecule has 153 valence electrons. The highest BCUT2D eigenvalue weighted by Crippen LogP contribution is 2.40. The zero-order valence-corrected chi connectivity index (χ0v) is 19.4. The third-order valence-electron chi connectivity index (χ3n) is 5.27. The Morgan fingerprint density at radius 1 is 0.889 bits per heavy atom. The Kier molecular flexibility index (Phi) is 11.5. The minimum absolute atomic E-state index is 0.670. The molecule has 0 saturated heterocycles. The van der Waals surface area contributed by atoms with E-state index in [-0.39, 0.29) is 0 Å². The predicted molar refractivity (Wildman–Crippen MR) is 125 cm³/mol. The average Bonchev–Trinajstić information content (AvgIpc) is 3.22. The standard InChI is InChI=1S/C24H39OS2/c1-4-6-8-9-10-11-12-13-15-17-25-24-19-23-22(27-24)18-21(26-23)20(3)16-14-7-5-2/h7,18-20H,4-6,8-17H2,1-3H3. The van der Waals surface area contributed by atoms with Crippen molar-refractivity contribution in [1.82, 2.24) is 0 Å². The number of unbranched alkanes of at least 4 members (excludes halogenated alkanes) is 10. The second-order valence-corrected chi connectivity index (χ2v) is 9.96. The van der Waals surface area contributed by atoms with Crippen LogP contribution in [-0.4, -0.2) is 6.61 Å². The van der Waals surface area contributed by atoms with E-state index in [2.05, 4.69) is 39.3 Å². The lowest BCUT2D eigenvalue weighted by Crippen LogP contribution is -1.95. The topological polar surface area (TPSA) is 9.23 Å². The van der Waals surface area contributed by atoms with Crippen LogP contribution in [0.5, 0.6) is 5.06 Å². The van der Waals surface area contributed by atoms with Gasteiger partial charge in [0, 0.05) is 20.3 Å². The van der Waals surface area contributed by atoms with Gasteiger partial charge in [0.1, 0.15) is 0 Å². The molecule has 0 N–H and O–H groups in total. The quantitative estimate of drug-likeness (QED) is 0.252. The molecule has 2 aromatic heterocycles. The summed E-state index contributed by atoms with van der Waals surface area (Å²) in [6.07, 6.45) is 18.4. The van der Waals surface area contributed by atoms with E-state index in [1.165, 1.54) is 91.3 Å². The number of ether oxygens (including phenoxy) is 1. The normalized spacial score (nSPS) is 12.7. The summed E-state index contributed by atoms with van der Waals surface area (Å²) >= 11 is 3.78. The monoisotopic (exact) mass is 407 g/mol. The fraction of sp³-hybridized carbons (Fsp3) is 0.708. The van der Waals surface area contributed by atoms with Crippen LogP contribution < -0.4 is 4.74 Å². The van der Waals surface area contributed by atoms with Gasteiger partial charge < -0.3 is 4.74 Å². The first kappa shape index (κ1) is 22.7. The summed E-state index contributed by atoms with van der Waals surface area (Å²) in [6.45, 7) is 7.74. The van der Waals surface area contributed by atoms with Gasteiger partial charge in [0.05, 0.1) is 6.61 Å². The molecule has 2 heterocycles. The largest absolute Gasteiger partial charge is 0.484 e. The first-order valence-corrected chi connectivity index (χ1v) is 12.9. The molecule has 0 aliphatic heterocycles. The minimum atomic E-state index is 0.670. The molecule has 0 aliphatic rings. The Balaban J connectivity index is 1.60. The maximum atomic E-state index is 6.01. The molecule has 0 bridgehead atoms. The fourth-order valence-corrected chi connectivity index (χ4v) is 5.80. The SMILES string of the molecule is CC[CH]CCC(C)c1cc2sc(OCCCCCCCCCCC)cc2s1. The zero-order valence-electron chi connectivity index (χ0n) is 17.7. The summed E-state index contributed by atoms with van der Waals surface area (Å²) < 4.78 is 8.82. The van der Waals surface area contributed by atoms with Crippen molar-refractivity contribution in [2.24, 2.45) is 0 Å². The average molecular weight is 408 g/mol. The van der Waals surface area contributed by atoms with Crippen LogP contribution in [0.3, 0.4) is 0 Å². The highest BCUT2D eigenvalue weighted by molar-refractivity contribution is 7.28. The number of hydrogen-bond acceptors (Lipinski definition) is 3. The third kappa shape index (κ3) is 8.56. The maximum absolute atomic E-state index is 6.01. The molecule has 0 fully saturated rings. The van der Waals surface area contributed by atoms with Gasteiger partial charge in [0.25, 0.3) is 0 Å². The van der Waals surface area contributed by atoms with E-state index in [0.717, 1.165) is 11.7 Å². The van der Waals surface area contributed by atoms with Gasteiger partial charge in [0.2, 0.25) is 0 Å². The van der Waals surface area contributed by atoms with E-state index in [0.29, 0.717) is 5.92 Å². The summed E-state index contributed by atoms with van der Waals surface area (Å²) in [7, 11) is 0. The van der Waals surface area contributed by atoms with E-state index in [9.17, 15) is 0 Å². The van der Waals surface area contributed by atoms with Crippen LogP contribution in [-0.2, 0) is 0 Å². The van der Waals surface area contributed by atoms with Crippen LogP contribution in [0.4, 0.5) is 0 Å². The van der Waals surface area contributed by atoms with Crippen LogP contribution in [0.15, 0.2) is 12.1 Å². The van der Waals surface area contributed by atoms with Gasteiger partial charge >= 0.3 is 0 Å². The highest BCUT2D eigenvalue weighted by Gasteiger charge is 2.12. The minimum Gasteiger partial charge on any atom is -0.484 e. The number of fused-ring (bicyclic) bond motifs is 1. The van der Waals surface area contributed by atoms with Crippen LogP contribution in [0.25, 0.3) is 9.40 Å². The van der Waals surface area contributed by atoms with Crippen molar-refractivity contribution < 1.29 is 4.74 Å². The Morgan fingerprint density at radius 3 is 2.22 bits per heavy atom. The lowest BCUT2D eigenvalue weighted by atomic mass is 10.0. The Labute approximate surface area is 175 Å². The van der Waals surface area contributed by atoms with Crippen molar-refractivity contribution in [1.29, 1.82) is 0 Å². The molecule has 27 heavy (non-hydrogen) atoms. The first-order chi connectivity index (χ1) is 13.2. The van der Waals surface area contributed by atoms with Gasteiger partial charge in [-0.25, -0.2) is 0 Å². The van der Waals surface area contributed by atoms with Crippen molar-refractivity contribution >= 4 is 32.1 Å². The van der Waals surface area contributed by atoms with Crippen LogP contribution in [0.1, 0.15) is 109 Å².